The molecule has 0 bridgehead atoms. The van der Waals surface area contributed by atoms with E-state index in [1.54, 1.807) is 6.20 Å². The van der Waals surface area contributed by atoms with E-state index in [0.717, 1.165) is 24.6 Å². The minimum atomic E-state index is -0.187. The third-order valence-electron chi connectivity index (χ3n) is 3.32. The Morgan fingerprint density at radius 2 is 2.38 bits per heavy atom. The highest BCUT2D eigenvalue weighted by molar-refractivity contribution is 5.38. The fourth-order valence-corrected chi connectivity index (χ4v) is 2.17. The fourth-order valence-electron chi connectivity index (χ4n) is 2.17. The summed E-state index contributed by atoms with van der Waals surface area (Å²) in [6, 6.07) is 1.96. The summed E-state index contributed by atoms with van der Waals surface area (Å²) in [5, 5.41) is 15.8. The molecule has 0 amide bonds. The van der Waals surface area contributed by atoms with E-state index in [-0.39, 0.29) is 6.10 Å². The zero-order valence-corrected chi connectivity index (χ0v) is 11.7. The number of anilines is 1. The molecule has 1 N–H and O–H groups in total. The molecule has 1 saturated heterocycles. The van der Waals surface area contributed by atoms with Crippen molar-refractivity contribution < 1.29 is 4.74 Å². The van der Waals surface area contributed by atoms with Crippen molar-refractivity contribution in [1.82, 2.24) is 25.1 Å². The summed E-state index contributed by atoms with van der Waals surface area (Å²) in [5.41, 5.74) is 0.310. The Bertz CT molecular complexity index is 645. The summed E-state index contributed by atoms with van der Waals surface area (Å²) in [6.07, 6.45) is 3.70. The maximum absolute atomic E-state index is 8.75. The van der Waals surface area contributed by atoms with E-state index in [2.05, 4.69) is 30.0 Å². The third-order valence-corrected chi connectivity index (χ3v) is 3.32. The van der Waals surface area contributed by atoms with Gasteiger partial charge in [-0.15, -0.1) is 0 Å². The number of nitrogens with zero attached hydrogens (tertiary/aromatic N) is 6. The van der Waals surface area contributed by atoms with Gasteiger partial charge in [0.1, 0.15) is 23.8 Å². The van der Waals surface area contributed by atoms with Crippen LogP contribution in [0, 0.1) is 11.3 Å². The first-order valence-corrected chi connectivity index (χ1v) is 6.80. The van der Waals surface area contributed by atoms with Gasteiger partial charge < -0.3 is 9.64 Å². The van der Waals surface area contributed by atoms with Gasteiger partial charge in [-0.2, -0.15) is 10.4 Å². The zero-order chi connectivity index (χ0) is 14.7. The number of nitriles is 1. The van der Waals surface area contributed by atoms with Crippen LogP contribution in [0.1, 0.15) is 30.4 Å². The Balaban J connectivity index is 1.74. The lowest BCUT2D eigenvalue weighted by Crippen LogP contribution is -2.39. The van der Waals surface area contributed by atoms with E-state index >= 15 is 0 Å². The van der Waals surface area contributed by atoms with Gasteiger partial charge in [0.2, 0.25) is 0 Å². The van der Waals surface area contributed by atoms with Gasteiger partial charge in [0.15, 0.2) is 11.5 Å². The van der Waals surface area contributed by atoms with Crippen molar-refractivity contribution in [2.75, 3.05) is 24.6 Å². The van der Waals surface area contributed by atoms with Crippen molar-refractivity contribution in [1.29, 1.82) is 5.26 Å². The summed E-state index contributed by atoms with van der Waals surface area (Å²) >= 11 is 0. The Morgan fingerprint density at radius 1 is 1.48 bits per heavy atom. The molecule has 21 heavy (non-hydrogen) atoms. The molecule has 8 nitrogen and oxygen atoms in total. The van der Waals surface area contributed by atoms with Gasteiger partial charge in [-0.1, -0.05) is 6.92 Å². The normalized spacial score (nSPS) is 18.5. The predicted molar refractivity (Wildman–Crippen MR) is 73.4 cm³/mol. The lowest BCUT2D eigenvalue weighted by Gasteiger charge is -2.32. The Labute approximate surface area is 121 Å². The molecule has 0 aromatic carbocycles. The van der Waals surface area contributed by atoms with Crippen molar-refractivity contribution >= 4 is 5.82 Å². The summed E-state index contributed by atoms with van der Waals surface area (Å²) in [4.78, 5) is 14.8. The van der Waals surface area contributed by atoms with Crippen LogP contribution < -0.4 is 4.90 Å². The number of ether oxygens (including phenoxy) is 1. The highest BCUT2D eigenvalue weighted by Crippen LogP contribution is 2.22. The number of morpholine rings is 1. The smallest absolute Gasteiger partial charge is 0.181 e. The van der Waals surface area contributed by atoms with E-state index in [9.17, 15) is 0 Å². The van der Waals surface area contributed by atoms with Gasteiger partial charge in [-0.05, 0) is 0 Å². The average Bonchev–Trinajstić information content (AvgIpc) is 3.04. The molecule has 1 unspecified atom stereocenters. The molecule has 1 aliphatic heterocycles. The zero-order valence-electron chi connectivity index (χ0n) is 11.7. The maximum atomic E-state index is 8.75. The van der Waals surface area contributed by atoms with Crippen LogP contribution in [0.2, 0.25) is 0 Å². The van der Waals surface area contributed by atoms with Gasteiger partial charge >= 0.3 is 0 Å². The topological polar surface area (TPSA) is 104 Å². The number of rotatable bonds is 3. The molecule has 0 aliphatic carbocycles. The number of nitrogens with one attached hydrogen (secondary N) is 1. The van der Waals surface area contributed by atoms with Crippen molar-refractivity contribution in [3.63, 3.8) is 0 Å². The molecular weight excluding hydrogens is 270 g/mol. The van der Waals surface area contributed by atoms with Gasteiger partial charge in [0.05, 0.1) is 25.5 Å². The fraction of sp³-hybridized carbons (Fsp3) is 0.462. The first-order chi connectivity index (χ1) is 10.3. The maximum Gasteiger partial charge on any atom is 0.181 e. The van der Waals surface area contributed by atoms with Crippen LogP contribution in [-0.2, 0) is 11.2 Å². The molecule has 0 radical (unpaired) electrons. The van der Waals surface area contributed by atoms with E-state index in [1.165, 1.54) is 6.20 Å². The molecular formula is C13H15N7O. The third kappa shape index (κ3) is 2.83. The largest absolute Gasteiger partial charge is 0.366 e. The predicted octanol–water partition coefficient (Wildman–Crippen LogP) is 0.607. The van der Waals surface area contributed by atoms with E-state index in [1.807, 2.05) is 13.0 Å². The van der Waals surface area contributed by atoms with E-state index < -0.39 is 0 Å². The van der Waals surface area contributed by atoms with Crippen molar-refractivity contribution in [3.05, 3.63) is 29.7 Å². The summed E-state index contributed by atoms with van der Waals surface area (Å²) in [6.45, 7) is 3.93. The van der Waals surface area contributed by atoms with Crippen molar-refractivity contribution in [2.45, 2.75) is 19.4 Å². The van der Waals surface area contributed by atoms with Crippen LogP contribution >= 0.6 is 0 Å². The second kappa shape index (κ2) is 5.85. The molecule has 0 saturated carbocycles. The van der Waals surface area contributed by atoms with Gasteiger partial charge in [-0.25, -0.2) is 15.0 Å². The number of H-pyrrole nitrogens is 1. The van der Waals surface area contributed by atoms with Crippen molar-refractivity contribution in [2.24, 2.45) is 0 Å². The summed E-state index contributed by atoms with van der Waals surface area (Å²) < 4.78 is 5.73. The highest BCUT2D eigenvalue weighted by atomic mass is 16.5. The number of hydrogen-bond acceptors (Lipinski definition) is 7. The Morgan fingerprint density at radius 3 is 3.05 bits per heavy atom. The van der Waals surface area contributed by atoms with Crippen LogP contribution in [0.3, 0.4) is 0 Å². The minimum absolute atomic E-state index is 0.187. The number of aromatic amines is 1. The van der Waals surface area contributed by atoms with Crippen LogP contribution in [0.4, 0.5) is 5.82 Å². The molecule has 1 aliphatic rings. The Kier molecular flexibility index (Phi) is 3.75. The van der Waals surface area contributed by atoms with E-state index in [0.29, 0.717) is 24.7 Å². The quantitative estimate of drug-likeness (QED) is 0.880. The van der Waals surface area contributed by atoms with Crippen LogP contribution in [0.15, 0.2) is 12.4 Å². The molecule has 0 spiro atoms. The van der Waals surface area contributed by atoms with Crippen LogP contribution in [0.5, 0.6) is 0 Å². The van der Waals surface area contributed by atoms with E-state index in [4.69, 9.17) is 10.00 Å². The van der Waals surface area contributed by atoms with Gasteiger partial charge in [0, 0.05) is 13.0 Å². The molecule has 2 aromatic rings. The SMILES string of the molecule is CCc1nc(C2CN(c3cnc(C#N)cn3)CCO2)n[nH]1. The van der Waals surface area contributed by atoms with Gasteiger partial charge in [0.25, 0.3) is 0 Å². The monoisotopic (exact) mass is 285 g/mol. The lowest BCUT2D eigenvalue weighted by molar-refractivity contribution is 0.0339. The van der Waals surface area contributed by atoms with Crippen molar-refractivity contribution in [3.8, 4) is 6.07 Å². The summed E-state index contributed by atoms with van der Waals surface area (Å²) in [7, 11) is 0. The molecule has 3 rings (SSSR count). The number of aromatic nitrogens is 5. The minimum Gasteiger partial charge on any atom is -0.366 e. The first-order valence-electron chi connectivity index (χ1n) is 6.80. The second-order valence-corrected chi connectivity index (χ2v) is 4.67. The van der Waals surface area contributed by atoms with Gasteiger partial charge in [-0.3, -0.25) is 5.10 Å². The standard InChI is InChI=1S/C13H15N7O/c1-2-11-17-13(19-18-11)10-8-20(3-4-21-10)12-7-15-9(5-14)6-16-12/h6-7,10H,2-4,8H2,1H3,(H,17,18,19). The molecule has 3 heterocycles. The van der Waals surface area contributed by atoms with Crippen LogP contribution in [-0.4, -0.2) is 44.8 Å². The average molecular weight is 285 g/mol. The van der Waals surface area contributed by atoms with Crippen LogP contribution in [0.25, 0.3) is 0 Å². The number of hydrogen-bond donors (Lipinski definition) is 1. The lowest BCUT2D eigenvalue weighted by atomic mass is 10.2. The first kappa shape index (κ1) is 13.5. The second-order valence-electron chi connectivity index (χ2n) is 4.67. The Hall–Kier alpha value is -2.53. The summed E-state index contributed by atoms with van der Waals surface area (Å²) in [5.74, 6) is 2.25. The molecule has 1 atom stereocenters. The highest BCUT2D eigenvalue weighted by Gasteiger charge is 2.26. The molecule has 1 fully saturated rings. The molecule has 8 heteroatoms. The molecule has 108 valence electrons. The number of aryl methyl sites for hydroxylation is 1. The molecule has 2 aromatic heterocycles.